The Balaban J connectivity index is 2.04. The van der Waals surface area contributed by atoms with Gasteiger partial charge in [0.2, 0.25) is 5.91 Å². The lowest BCUT2D eigenvalue weighted by Gasteiger charge is -2.25. The van der Waals surface area contributed by atoms with Gasteiger partial charge < -0.3 is 0 Å². The number of rotatable bonds is 2. The van der Waals surface area contributed by atoms with Gasteiger partial charge in [0.25, 0.3) is 0 Å². The van der Waals surface area contributed by atoms with Gasteiger partial charge in [-0.25, -0.2) is 4.39 Å². The van der Waals surface area contributed by atoms with Crippen LogP contribution in [0, 0.1) is 10.6 Å². The van der Waals surface area contributed by atoms with Crippen molar-refractivity contribution in [3.8, 4) is 0 Å². The van der Waals surface area contributed by atoms with Crippen LogP contribution in [-0.4, -0.2) is 11.7 Å². The van der Waals surface area contributed by atoms with Crippen molar-refractivity contribution in [2.24, 2.45) is 0 Å². The van der Waals surface area contributed by atoms with Crippen LogP contribution in [0.1, 0.15) is 10.9 Å². The van der Waals surface area contributed by atoms with Crippen LogP contribution in [0.2, 0.25) is 0 Å². The highest BCUT2D eigenvalue weighted by molar-refractivity contribution is 7.87. The van der Waals surface area contributed by atoms with Crippen LogP contribution in [0.5, 0.6) is 0 Å². The second-order valence-electron chi connectivity index (χ2n) is 4.58. The molecular weight excluding hydrogens is 275 g/mol. The standard InChI is InChI=1S/C15H13FN2OS/c16-12-6-8-13(9-7-12)18-14(19)10-20(17)15(18)11-4-2-1-3-5-11/h1-9,15,17H,10H2. The van der Waals surface area contributed by atoms with E-state index in [-0.39, 0.29) is 22.9 Å². The van der Waals surface area contributed by atoms with Gasteiger partial charge >= 0.3 is 0 Å². The van der Waals surface area contributed by atoms with Crippen molar-refractivity contribution in [3.05, 3.63) is 66.0 Å². The topological polar surface area (TPSA) is 44.2 Å². The van der Waals surface area contributed by atoms with Gasteiger partial charge in [0.1, 0.15) is 11.2 Å². The molecule has 3 nitrogen and oxygen atoms in total. The molecule has 5 heteroatoms. The predicted molar refractivity (Wildman–Crippen MR) is 78.0 cm³/mol. The molecule has 102 valence electrons. The minimum absolute atomic E-state index is 0.0798. The molecule has 0 bridgehead atoms. The number of anilines is 1. The number of carbonyl (C=O) groups is 1. The zero-order chi connectivity index (χ0) is 14.1. The van der Waals surface area contributed by atoms with E-state index in [2.05, 4.69) is 0 Å². The molecule has 1 aliphatic heterocycles. The molecule has 1 saturated heterocycles. The molecule has 0 aliphatic carbocycles. The number of carbonyl (C=O) groups excluding carboxylic acids is 1. The first-order valence-electron chi connectivity index (χ1n) is 6.20. The molecule has 0 spiro atoms. The second kappa shape index (κ2) is 5.17. The number of nitrogens with zero attached hydrogens (tertiary/aromatic N) is 1. The summed E-state index contributed by atoms with van der Waals surface area (Å²) >= 11 is 0. The van der Waals surface area contributed by atoms with Crippen LogP contribution in [0.15, 0.2) is 54.6 Å². The molecule has 1 amide bonds. The summed E-state index contributed by atoms with van der Waals surface area (Å²) < 4.78 is 21.2. The normalized spacial score (nSPS) is 22.2. The fourth-order valence-electron chi connectivity index (χ4n) is 2.35. The van der Waals surface area contributed by atoms with Crippen LogP contribution >= 0.6 is 0 Å². The van der Waals surface area contributed by atoms with Crippen LogP contribution in [-0.2, 0) is 15.5 Å². The SMILES string of the molecule is N=S1CC(=O)N(c2ccc(F)cc2)C1c1ccccc1. The van der Waals surface area contributed by atoms with Gasteiger partial charge in [-0.1, -0.05) is 41.0 Å². The molecule has 0 aromatic heterocycles. The molecule has 20 heavy (non-hydrogen) atoms. The van der Waals surface area contributed by atoms with Crippen molar-refractivity contribution < 1.29 is 9.18 Å². The number of nitrogens with one attached hydrogen (secondary N) is 1. The first-order chi connectivity index (χ1) is 9.66. The van der Waals surface area contributed by atoms with E-state index in [1.807, 2.05) is 30.3 Å². The molecule has 1 N–H and O–H groups in total. The molecule has 2 aromatic carbocycles. The molecule has 1 fully saturated rings. The van der Waals surface area contributed by atoms with Crippen molar-refractivity contribution >= 4 is 22.3 Å². The highest BCUT2D eigenvalue weighted by atomic mass is 32.2. The first kappa shape index (κ1) is 13.0. The van der Waals surface area contributed by atoms with Crippen molar-refractivity contribution in [2.45, 2.75) is 5.37 Å². The summed E-state index contributed by atoms with van der Waals surface area (Å²) in [5.41, 5.74) is 1.59. The van der Waals surface area contributed by atoms with Gasteiger partial charge in [-0.2, -0.15) is 0 Å². The molecule has 0 radical (unpaired) electrons. The van der Waals surface area contributed by atoms with Crippen molar-refractivity contribution in [3.63, 3.8) is 0 Å². The Morgan fingerprint density at radius 3 is 2.40 bits per heavy atom. The van der Waals surface area contributed by atoms with E-state index in [0.29, 0.717) is 5.69 Å². The van der Waals surface area contributed by atoms with Crippen molar-refractivity contribution in [1.29, 1.82) is 4.78 Å². The largest absolute Gasteiger partial charge is 0.294 e. The van der Waals surface area contributed by atoms with E-state index < -0.39 is 10.7 Å². The highest BCUT2D eigenvalue weighted by Crippen LogP contribution is 2.35. The Labute approximate surface area is 118 Å². The van der Waals surface area contributed by atoms with E-state index in [1.54, 1.807) is 17.0 Å². The van der Waals surface area contributed by atoms with Gasteiger partial charge in [-0.05, 0) is 29.8 Å². The molecule has 0 saturated carbocycles. The fourth-order valence-corrected chi connectivity index (χ4v) is 3.89. The number of hydrogen-bond acceptors (Lipinski definition) is 2. The Bertz CT molecular complexity index is 657. The first-order valence-corrected chi connectivity index (χ1v) is 7.66. The third kappa shape index (κ3) is 2.25. The zero-order valence-corrected chi connectivity index (χ0v) is 11.4. The van der Waals surface area contributed by atoms with E-state index >= 15 is 0 Å². The van der Waals surface area contributed by atoms with E-state index in [0.717, 1.165) is 5.56 Å². The summed E-state index contributed by atoms with van der Waals surface area (Å²) in [4.78, 5) is 13.8. The molecule has 2 atom stereocenters. The Morgan fingerprint density at radius 1 is 1.10 bits per heavy atom. The quantitative estimate of drug-likeness (QED) is 0.905. The summed E-state index contributed by atoms with van der Waals surface area (Å²) in [5.74, 6) is -0.193. The van der Waals surface area contributed by atoms with E-state index in [9.17, 15) is 9.18 Å². The Morgan fingerprint density at radius 2 is 1.75 bits per heavy atom. The molecule has 2 aromatic rings. The van der Waals surface area contributed by atoms with Crippen LogP contribution < -0.4 is 4.90 Å². The number of halogens is 1. The summed E-state index contributed by atoms with van der Waals surface area (Å²) in [6.45, 7) is 0. The molecule has 2 unspecified atom stereocenters. The lowest BCUT2D eigenvalue weighted by atomic mass is 10.2. The van der Waals surface area contributed by atoms with Crippen molar-refractivity contribution in [1.82, 2.24) is 0 Å². The van der Waals surface area contributed by atoms with E-state index in [1.165, 1.54) is 12.1 Å². The van der Waals surface area contributed by atoms with Crippen molar-refractivity contribution in [2.75, 3.05) is 10.7 Å². The molecular formula is C15H13FN2OS. The minimum Gasteiger partial charge on any atom is -0.294 e. The maximum atomic E-state index is 13.0. The molecule has 1 aliphatic rings. The monoisotopic (exact) mass is 288 g/mol. The second-order valence-corrected chi connectivity index (χ2v) is 6.17. The summed E-state index contributed by atoms with van der Waals surface area (Å²) in [5, 5.41) is -0.283. The zero-order valence-electron chi connectivity index (χ0n) is 10.6. The van der Waals surface area contributed by atoms with Gasteiger partial charge in [0.05, 0.1) is 5.75 Å². The summed E-state index contributed by atoms with van der Waals surface area (Å²) in [6, 6.07) is 15.4. The fraction of sp³-hybridized carbons (Fsp3) is 0.133. The summed E-state index contributed by atoms with van der Waals surface area (Å²) in [6.07, 6.45) is 0. The predicted octanol–water partition coefficient (Wildman–Crippen LogP) is 3.25. The average molecular weight is 288 g/mol. The lowest BCUT2D eigenvalue weighted by Crippen LogP contribution is -2.28. The minimum atomic E-state index is -0.795. The van der Waals surface area contributed by atoms with Gasteiger partial charge in [-0.15, -0.1) is 0 Å². The smallest absolute Gasteiger partial charge is 0.239 e. The summed E-state index contributed by atoms with van der Waals surface area (Å²) in [7, 11) is -0.795. The highest BCUT2D eigenvalue weighted by Gasteiger charge is 2.36. The van der Waals surface area contributed by atoms with Gasteiger partial charge in [-0.3, -0.25) is 14.5 Å². The van der Waals surface area contributed by atoms with Gasteiger partial charge in [0.15, 0.2) is 0 Å². The third-order valence-electron chi connectivity index (χ3n) is 3.24. The van der Waals surface area contributed by atoms with Crippen LogP contribution in [0.25, 0.3) is 0 Å². The average Bonchev–Trinajstić information content (AvgIpc) is 2.75. The number of benzene rings is 2. The maximum Gasteiger partial charge on any atom is 0.239 e. The molecule has 1 heterocycles. The lowest BCUT2D eigenvalue weighted by molar-refractivity contribution is -0.115. The van der Waals surface area contributed by atoms with Crippen LogP contribution in [0.3, 0.4) is 0 Å². The third-order valence-corrected chi connectivity index (χ3v) is 4.82. The van der Waals surface area contributed by atoms with Gasteiger partial charge in [0, 0.05) is 5.69 Å². The van der Waals surface area contributed by atoms with Crippen LogP contribution in [0.4, 0.5) is 10.1 Å². The number of amides is 1. The maximum absolute atomic E-state index is 13.0. The Hall–Kier alpha value is -2.01. The Kier molecular flexibility index (Phi) is 3.36. The van der Waals surface area contributed by atoms with E-state index in [4.69, 9.17) is 4.78 Å². The number of hydrogen-bond donors (Lipinski definition) is 1. The molecule has 3 rings (SSSR count).